The lowest BCUT2D eigenvalue weighted by Crippen LogP contribution is -2.03. The molecule has 0 bridgehead atoms. The zero-order valence-electron chi connectivity index (χ0n) is 30.9. The summed E-state index contributed by atoms with van der Waals surface area (Å²) in [6, 6.07) is 74.4. The molecule has 11 aromatic rings. The van der Waals surface area contributed by atoms with E-state index >= 15 is 0 Å². The highest BCUT2D eigenvalue weighted by atomic mass is 16.5. The smallest absolute Gasteiger partial charge is 0.152 e. The molecule has 0 unspecified atom stereocenters. The number of para-hydroxylation sites is 3. The van der Waals surface area contributed by atoms with Gasteiger partial charge in [0.25, 0.3) is 0 Å². The molecule has 3 nitrogen and oxygen atoms in total. The molecule has 266 valence electrons. The van der Waals surface area contributed by atoms with Gasteiger partial charge in [0.05, 0.1) is 27.8 Å². The monoisotopic (exact) mass is 726 g/mol. The van der Waals surface area contributed by atoms with Gasteiger partial charge in [0.2, 0.25) is 0 Å². The normalized spacial score (nSPS) is 12.0. The van der Waals surface area contributed by atoms with Crippen LogP contribution in [-0.4, -0.2) is 9.13 Å². The van der Waals surface area contributed by atoms with Gasteiger partial charge in [-0.2, -0.15) is 0 Å². The highest BCUT2D eigenvalue weighted by Crippen LogP contribution is 2.48. The third kappa shape index (κ3) is 4.92. The predicted octanol–water partition coefficient (Wildman–Crippen LogP) is 14.7. The van der Waals surface area contributed by atoms with E-state index in [-0.39, 0.29) is 0 Å². The summed E-state index contributed by atoms with van der Waals surface area (Å²) in [4.78, 5) is 0. The van der Waals surface area contributed by atoms with E-state index in [0.29, 0.717) is 0 Å². The molecular formula is C54H34N2O. The molecular weight excluding hydrogens is 693 g/mol. The number of aromatic nitrogens is 2. The minimum atomic E-state index is 0.878. The summed E-state index contributed by atoms with van der Waals surface area (Å²) >= 11 is 0. The fourth-order valence-electron chi connectivity index (χ4n) is 9.05. The Bertz CT molecular complexity index is 3240. The summed E-state index contributed by atoms with van der Waals surface area (Å²) in [6.45, 7) is 0. The van der Waals surface area contributed by atoms with E-state index in [1.165, 1.54) is 82.6 Å². The molecule has 0 atom stereocenters. The lowest BCUT2D eigenvalue weighted by molar-refractivity contribution is 0.476. The number of fused-ring (bicyclic) bond motifs is 8. The van der Waals surface area contributed by atoms with Gasteiger partial charge in [-0.05, 0) is 111 Å². The van der Waals surface area contributed by atoms with Gasteiger partial charge in [0.15, 0.2) is 11.5 Å². The summed E-state index contributed by atoms with van der Waals surface area (Å²) in [5.74, 6) is 1.76. The maximum Gasteiger partial charge on any atom is 0.152 e. The van der Waals surface area contributed by atoms with E-state index in [9.17, 15) is 0 Å². The maximum atomic E-state index is 6.46. The highest BCUT2D eigenvalue weighted by Gasteiger charge is 2.25. The Morgan fingerprint density at radius 1 is 0.316 bits per heavy atom. The number of ether oxygens (including phenoxy) is 1. The molecule has 57 heavy (non-hydrogen) atoms. The zero-order chi connectivity index (χ0) is 37.5. The van der Waals surface area contributed by atoms with Crippen LogP contribution < -0.4 is 4.74 Å². The first-order valence-corrected chi connectivity index (χ1v) is 19.5. The Morgan fingerprint density at radius 3 is 1.49 bits per heavy atom. The van der Waals surface area contributed by atoms with Crippen molar-refractivity contribution in [3.63, 3.8) is 0 Å². The van der Waals surface area contributed by atoms with Gasteiger partial charge >= 0.3 is 0 Å². The Labute approximate surface area is 329 Å². The van der Waals surface area contributed by atoms with Gasteiger partial charge in [-0.1, -0.05) is 140 Å². The summed E-state index contributed by atoms with van der Waals surface area (Å²) in [6.07, 6.45) is 0. The van der Waals surface area contributed by atoms with Gasteiger partial charge in [-0.25, -0.2) is 0 Å². The molecule has 0 saturated heterocycles. The molecule has 12 rings (SSSR count). The van der Waals surface area contributed by atoms with E-state index in [0.717, 1.165) is 28.4 Å². The lowest BCUT2D eigenvalue weighted by Gasteiger charge is -2.21. The van der Waals surface area contributed by atoms with Crippen LogP contribution in [0.1, 0.15) is 0 Å². The molecule has 0 radical (unpaired) electrons. The van der Waals surface area contributed by atoms with E-state index in [1.54, 1.807) is 0 Å². The van der Waals surface area contributed by atoms with Gasteiger partial charge in [0, 0.05) is 27.2 Å². The van der Waals surface area contributed by atoms with Crippen molar-refractivity contribution in [2.75, 3.05) is 0 Å². The van der Waals surface area contributed by atoms with Crippen molar-refractivity contribution >= 4 is 43.6 Å². The van der Waals surface area contributed by atoms with Crippen molar-refractivity contribution in [1.82, 2.24) is 9.13 Å². The number of benzene rings is 9. The lowest BCUT2D eigenvalue weighted by atomic mass is 9.96. The molecule has 1 aliphatic rings. The average molecular weight is 727 g/mol. The number of rotatable bonds is 5. The Balaban J connectivity index is 0.935. The standard InChI is InChI=1S/C54H34N2O/c1-3-11-35(12-4-1)40-25-30-48-45(33-40)46-34-41(36-13-5-2-6-14-36)26-31-49(46)55(48)42-27-23-38(24-28-42)37-19-21-39(22-20-37)43-29-32-52-54-53(43)44-15-7-8-16-47(44)56(54)50-17-9-10-18-51(50)57-52/h1-34H. The van der Waals surface area contributed by atoms with E-state index in [1.807, 2.05) is 12.1 Å². The molecule has 0 aliphatic carbocycles. The first-order valence-electron chi connectivity index (χ1n) is 19.5. The van der Waals surface area contributed by atoms with Crippen LogP contribution in [0.5, 0.6) is 11.5 Å². The van der Waals surface area contributed by atoms with Crippen LogP contribution in [0.2, 0.25) is 0 Å². The van der Waals surface area contributed by atoms with Crippen LogP contribution in [0, 0.1) is 0 Å². The summed E-state index contributed by atoms with van der Waals surface area (Å²) in [5.41, 5.74) is 16.5. The van der Waals surface area contributed by atoms with Crippen molar-refractivity contribution in [3.8, 4) is 67.4 Å². The fraction of sp³-hybridized carbons (Fsp3) is 0. The maximum absolute atomic E-state index is 6.46. The van der Waals surface area contributed by atoms with Gasteiger partial charge in [-0.3, -0.25) is 0 Å². The Kier molecular flexibility index (Phi) is 6.93. The van der Waals surface area contributed by atoms with Crippen LogP contribution in [0.15, 0.2) is 206 Å². The largest absolute Gasteiger partial charge is 0.453 e. The molecule has 1 aliphatic heterocycles. The third-order valence-electron chi connectivity index (χ3n) is 11.7. The van der Waals surface area contributed by atoms with E-state index < -0.39 is 0 Å². The second-order valence-corrected chi connectivity index (χ2v) is 14.9. The van der Waals surface area contributed by atoms with Crippen LogP contribution in [-0.2, 0) is 0 Å². The Morgan fingerprint density at radius 2 is 0.825 bits per heavy atom. The van der Waals surface area contributed by atoms with E-state index in [4.69, 9.17) is 4.74 Å². The number of nitrogens with zero attached hydrogens (tertiary/aromatic N) is 2. The van der Waals surface area contributed by atoms with Gasteiger partial charge < -0.3 is 13.9 Å². The topological polar surface area (TPSA) is 19.1 Å². The molecule has 3 heterocycles. The number of hydrogen-bond donors (Lipinski definition) is 0. The molecule has 0 N–H and O–H groups in total. The van der Waals surface area contributed by atoms with E-state index in [2.05, 4.69) is 203 Å². The SMILES string of the molecule is c1ccc(-c2ccc3c(c2)c2cc(-c4ccccc4)ccc2n3-c2ccc(-c3ccc(-c4ccc5c6c4c4ccccc4n6-c4ccccc4O5)cc3)cc2)cc1. The fourth-order valence-corrected chi connectivity index (χ4v) is 9.05. The molecule has 0 fully saturated rings. The second kappa shape index (κ2) is 12.5. The molecule has 0 amide bonds. The number of hydrogen-bond acceptors (Lipinski definition) is 1. The average Bonchev–Trinajstić information content (AvgIpc) is 3.81. The quantitative estimate of drug-likeness (QED) is 0.173. The molecule has 0 spiro atoms. The summed E-state index contributed by atoms with van der Waals surface area (Å²) in [7, 11) is 0. The predicted molar refractivity (Wildman–Crippen MR) is 237 cm³/mol. The molecule has 9 aromatic carbocycles. The van der Waals surface area contributed by atoms with Crippen LogP contribution in [0.3, 0.4) is 0 Å². The van der Waals surface area contributed by atoms with Crippen LogP contribution in [0.25, 0.3) is 99.5 Å². The van der Waals surface area contributed by atoms with Crippen LogP contribution in [0.4, 0.5) is 0 Å². The van der Waals surface area contributed by atoms with Gasteiger partial charge in [-0.15, -0.1) is 0 Å². The van der Waals surface area contributed by atoms with Crippen molar-refractivity contribution in [2.45, 2.75) is 0 Å². The molecule has 0 saturated carbocycles. The first-order chi connectivity index (χ1) is 28.3. The van der Waals surface area contributed by atoms with Crippen molar-refractivity contribution in [1.29, 1.82) is 0 Å². The Hall–Kier alpha value is -7.62. The first kappa shape index (κ1) is 31.7. The minimum Gasteiger partial charge on any atom is -0.453 e. The van der Waals surface area contributed by atoms with Crippen molar-refractivity contribution < 1.29 is 4.74 Å². The summed E-state index contributed by atoms with van der Waals surface area (Å²) < 4.78 is 11.2. The molecule has 3 heteroatoms. The van der Waals surface area contributed by atoms with Gasteiger partial charge in [0.1, 0.15) is 0 Å². The van der Waals surface area contributed by atoms with Crippen LogP contribution >= 0.6 is 0 Å². The molecule has 2 aromatic heterocycles. The summed E-state index contributed by atoms with van der Waals surface area (Å²) in [5, 5.41) is 4.93. The van der Waals surface area contributed by atoms with Crippen molar-refractivity contribution in [2.24, 2.45) is 0 Å². The zero-order valence-corrected chi connectivity index (χ0v) is 30.9. The van der Waals surface area contributed by atoms with Crippen molar-refractivity contribution in [3.05, 3.63) is 206 Å². The third-order valence-corrected chi connectivity index (χ3v) is 11.7. The minimum absolute atomic E-state index is 0.878. The second-order valence-electron chi connectivity index (χ2n) is 14.9. The highest BCUT2D eigenvalue weighted by molar-refractivity contribution is 6.18.